The Balaban J connectivity index is 2.48. The van der Waals surface area contributed by atoms with Crippen molar-refractivity contribution in [2.45, 2.75) is 19.1 Å². The molecule has 0 fully saturated rings. The molecule has 0 aliphatic heterocycles. The standard InChI is InChI=1S/C9H12O4/c1-6(10)13-5-7-2-3-8(11)9(12)4-7/h2-4,8-9,11-12H,5H2,1H3/t8-,9+/m1/s1. The van der Waals surface area contributed by atoms with Gasteiger partial charge in [-0.2, -0.15) is 0 Å². The maximum atomic E-state index is 10.4. The first-order valence-electron chi connectivity index (χ1n) is 3.98. The zero-order valence-corrected chi connectivity index (χ0v) is 7.30. The Labute approximate surface area is 76.1 Å². The summed E-state index contributed by atoms with van der Waals surface area (Å²) < 4.78 is 4.71. The van der Waals surface area contributed by atoms with Crippen molar-refractivity contribution in [2.75, 3.05) is 6.61 Å². The molecule has 13 heavy (non-hydrogen) atoms. The van der Waals surface area contributed by atoms with Gasteiger partial charge in [-0.15, -0.1) is 0 Å². The van der Waals surface area contributed by atoms with Gasteiger partial charge in [0.05, 0.1) is 0 Å². The average molecular weight is 184 g/mol. The first kappa shape index (κ1) is 9.95. The van der Waals surface area contributed by atoms with Crippen molar-refractivity contribution >= 4 is 5.97 Å². The second-order valence-corrected chi connectivity index (χ2v) is 2.86. The van der Waals surface area contributed by atoms with E-state index in [0.29, 0.717) is 5.57 Å². The molecule has 1 rings (SSSR count). The molecule has 0 aromatic carbocycles. The molecular formula is C9H12O4. The van der Waals surface area contributed by atoms with E-state index in [1.807, 2.05) is 0 Å². The van der Waals surface area contributed by atoms with E-state index in [0.717, 1.165) is 0 Å². The Morgan fingerprint density at radius 2 is 2.23 bits per heavy atom. The van der Waals surface area contributed by atoms with E-state index in [9.17, 15) is 9.90 Å². The Hall–Kier alpha value is -1.13. The third kappa shape index (κ3) is 3.01. The van der Waals surface area contributed by atoms with Gasteiger partial charge in [-0.25, -0.2) is 0 Å². The summed E-state index contributed by atoms with van der Waals surface area (Å²) in [6, 6.07) is 0. The van der Waals surface area contributed by atoms with Crippen LogP contribution in [0, 0.1) is 0 Å². The molecule has 2 N–H and O–H groups in total. The van der Waals surface area contributed by atoms with Crippen molar-refractivity contribution in [3.8, 4) is 0 Å². The zero-order valence-electron chi connectivity index (χ0n) is 7.30. The number of carbonyl (C=O) groups excluding carboxylic acids is 1. The molecule has 0 saturated heterocycles. The number of aliphatic hydroxyl groups excluding tert-OH is 2. The van der Waals surface area contributed by atoms with Crippen LogP contribution < -0.4 is 0 Å². The molecule has 0 aromatic heterocycles. The van der Waals surface area contributed by atoms with E-state index < -0.39 is 12.2 Å². The van der Waals surface area contributed by atoms with Gasteiger partial charge in [0.1, 0.15) is 18.8 Å². The number of carbonyl (C=O) groups is 1. The fraction of sp³-hybridized carbons (Fsp3) is 0.444. The number of esters is 1. The maximum Gasteiger partial charge on any atom is 0.302 e. The van der Waals surface area contributed by atoms with Gasteiger partial charge in [-0.05, 0) is 11.6 Å². The summed E-state index contributed by atoms with van der Waals surface area (Å²) in [4.78, 5) is 10.4. The van der Waals surface area contributed by atoms with Crippen LogP contribution in [0.4, 0.5) is 0 Å². The maximum absolute atomic E-state index is 10.4. The molecule has 0 bridgehead atoms. The van der Waals surface area contributed by atoms with Crippen molar-refractivity contribution in [1.82, 2.24) is 0 Å². The molecular weight excluding hydrogens is 172 g/mol. The summed E-state index contributed by atoms with van der Waals surface area (Å²) in [6.07, 6.45) is 2.79. The quantitative estimate of drug-likeness (QED) is 0.582. The van der Waals surface area contributed by atoms with Crippen LogP contribution in [-0.2, 0) is 9.53 Å². The van der Waals surface area contributed by atoms with Gasteiger partial charge < -0.3 is 14.9 Å². The van der Waals surface area contributed by atoms with E-state index in [1.165, 1.54) is 19.1 Å². The predicted molar refractivity (Wildman–Crippen MR) is 45.9 cm³/mol. The summed E-state index contributed by atoms with van der Waals surface area (Å²) in [7, 11) is 0. The number of ether oxygens (including phenoxy) is 1. The van der Waals surface area contributed by atoms with Crippen LogP contribution in [0.1, 0.15) is 6.92 Å². The lowest BCUT2D eigenvalue weighted by Crippen LogP contribution is -2.24. The summed E-state index contributed by atoms with van der Waals surface area (Å²) >= 11 is 0. The summed E-state index contributed by atoms with van der Waals surface area (Å²) in [5.74, 6) is -0.366. The van der Waals surface area contributed by atoms with Crippen molar-refractivity contribution < 1.29 is 19.7 Å². The second-order valence-electron chi connectivity index (χ2n) is 2.86. The average Bonchev–Trinajstić information content (AvgIpc) is 2.07. The molecule has 1 aliphatic carbocycles. The minimum atomic E-state index is -0.907. The largest absolute Gasteiger partial charge is 0.461 e. The van der Waals surface area contributed by atoms with Crippen LogP contribution in [0.5, 0.6) is 0 Å². The van der Waals surface area contributed by atoms with E-state index in [4.69, 9.17) is 9.84 Å². The predicted octanol–water partition coefficient (Wildman–Crippen LogP) is -0.232. The van der Waals surface area contributed by atoms with Crippen LogP contribution in [0.3, 0.4) is 0 Å². The number of hydrogen-bond acceptors (Lipinski definition) is 4. The minimum Gasteiger partial charge on any atom is -0.461 e. The summed E-state index contributed by atoms with van der Waals surface area (Å²) in [6.45, 7) is 1.45. The summed E-state index contributed by atoms with van der Waals surface area (Å²) in [5, 5.41) is 18.3. The van der Waals surface area contributed by atoms with E-state index in [-0.39, 0.29) is 12.6 Å². The molecule has 0 saturated carbocycles. The number of aliphatic hydroxyl groups is 2. The van der Waals surface area contributed by atoms with Gasteiger partial charge in [-0.1, -0.05) is 12.2 Å². The Morgan fingerprint density at radius 3 is 2.77 bits per heavy atom. The van der Waals surface area contributed by atoms with Gasteiger partial charge in [0.15, 0.2) is 0 Å². The smallest absolute Gasteiger partial charge is 0.302 e. The lowest BCUT2D eigenvalue weighted by atomic mass is 10.0. The fourth-order valence-electron chi connectivity index (χ4n) is 0.991. The Kier molecular flexibility index (Phi) is 3.22. The van der Waals surface area contributed by atoms with Crippen LogP contribution in [0.2, 0.25) is 0 Å². The molecule has 1 aliphatic rings. The molecule has 4 heteroatoms. The molecule has 0 amide bonds. The molecule has 0 spiro atoms. The highest BCUT2D eigenvalue weighted by atomic mass is 16.5. The molecule has 2 atom stereocenters. The minimum absolute atomic E-state index is 0.135. The van der Waals surface area contributed by atoms with Crippen LogP contribution >= 0.6 is 0 Å². The van der Waals surface area contributed by atoms with Gasteiger partial charge >= 0.3 is 5.97 Å². The van der Waals surface area contributed by atoms with E-state index in [2.05, 4.69) is 0 Å². The van der Waals surface area contributed by atoms with Gasteiger partial charge in [0.25, 0.3) is 0 Å². The molecule has 0 unspecified atom stereocenters. The molecule has 0 aromatic rings. The highest BCUT2D eigenvalue weighted by Crippen LogP contribution is 2.11. The van der Waals surface area contributed by atoms with Crippen LogP contribution in [0.25, 0.3) is 0 Å². The van der Waals surface area contributed by atoms with E-state index in [1.54, 1.807) is 6.08 Å². The normalized spacial score (nSPS) is 26.8. The monoisotopic (exact) mass is 184 g/mol. The zero-order chi connectivity index (χ0) is 9.84. The van der Waals surface area contributed by atoms with E-state index >= 15 is 0 Å². The van der Waals surface area contributed by atoms with Crippen molar-refractivity contribution in [3.63, 3.8) is 0 Å². The third-order valence-electron chi connectivity index (χ3n) is 1.68. The molecule has 0 heterocycles. The van der Waals surface area contributed by atoms with Crippen molar-refractivity contribution in [3.05, 3.63) is 23.8 Å². The summed E-state index contributed by atoms with van der Waals surface area (Å²) in [5.41, 5.74) is 0.688. The van der Waals surface area contributed by atoms with Gasteiger partial charge in [0, 0.05) is 6.92 Å². The van der Waals surface area contributed by atoms with Gasteiger partial charge in [0.2, 0.25) is 0 Å². The first-order chi connectivity index (χ1) is 6.09. The highest BCUT2D eigenvalue weighted by Gasteiger charge is 2.15. The Bertz CT molecular complexity index is 254. The molecule has 4 nitrogen and oxygen atoms in total. The Morgan fingerprint density at radius 1 is 1.54 bits per heavy atom. The SMILES string of the molecule is CC(=O)OCC1=C[C@H](O)[C@H](O)C=C1. The first-order valence-corrected chi connectivity index (χ1v) is 3.98. The van der Waals surface area contributed by atoms with Crippen LogP contribution in [-0.4, -0.2) is 35.0 Å². The second kappa shape index (κ2) is 4.20. The lowest BCUT2D eigenvalue weighted by molar-refractivity contribution is -0.139. The molecule has 0 radical (unpaired) electrons. The fourth-order valence-corrected chi connectivity index (χ4v) is 0.991. The number of rotatable bonds is 2. The molecule has 72 valence electrons. The third-order valence-corrected chi connectivity index (χ3v) is 1.68. The van der Waals surface area contributed by atoms with Crippen molar-refractivity contribution in [2.24, 2.45) is 0 Å². The van der Waals surface area contributed by atoms with Gasteiger partial charge in [-0.3, -0.25) is 4.79 Å². The van der Waals surface area contributed by atoms with Crippen LogP contribution in [0.15, 0.2) is 23.8 Å². The number of hydrogen-bond donors (Lipinski definition) is 2. The highest BCUT2D eigenvalue weighted by molar-refractivity contribution is 5.66. The van der Waals surface area contributed by atoms with Crippen molar-refractivity contribution in [1.29, 1.82) is 0 Å². The topological polar surface area (TPSA) is 66.8 Å². The lowest BCUT2D eigenvalue weighted by Gasteiger charge is -2.16.